The van der Waals surface area contributed by atoms with Gasteiger partial charge in [-0.2, -0.15) is 0 Å². The summed E-state index contributed by atoms with van der Waals surface area (Å²) in [4.78, 5) is 0. The fourth-order valence-electron chi connectivity index (χ4n) is 2.89. The fourth-order valence-corrected chi connectivity index (χ4v) is 4.21. The van der Waals surface area contributed by atoms with E-state index in [-0.39, 0.29) is 0 Å². The van der Waals surface area contributed by atoms with Crippen LogP contribution in [0.4, 0.5) is 0 Å². The minimum atomic E-state index is 0.963. The van der Waals surface area contributed by atoms with Gasteiger partial charge in [-0.3, -0.25) is 0 Å². The van der Waals surface area contributed by atoms with Gasteiger partial charge in [0.2, 0.25) is 0 Å². The van der Waals surface area contributed by atoms with Crippen LogP contribution in [0.1, 0.15) is 47.2 Å². The Kier molecular flexibility index (Phi) is 6.11. The highest BCUT2D eigenvalue weighted by Gasteiger charge is 2.12. The van der Waals surface area contributed by atoms with Gasteiger partial charge in [0.15, 0.2) is 0 Å². The first-order chi connectivity index (χ1) is 10.7. The maximum Gasteiger partial charge on any atom is 0.0201 e. The van der Waals surface area contributed by atoms with Crippen molar-refractivity contribution in [1.82, 2.24) is 0 Å². The Morgan fingerprint density at radius 3 is 1.43 bits per heavy atom. The Morgan fingerprint density at radius 2 is 1.13 bits per heavy atom. The summed E-state index contributed by atoms with van der Waals surface area (Å²) >= 11 is 4.94. The Labute approximate surface area is 167 Å². The average molecular weight is 528 g/mol. The van der Waals surface area contributed by atoms with Crippen molar-refractivity contribution < 1.29 is 0 Å². The largest absolute Gasteiger partial charge is 0.0955 e. The van der Waals surface area contributed by atoms with Gasteiger partial charge in [0.05, 0.1) is 0 Å². The van der Waals surface area contributed by atoms with Gasteiger partial charge in [-0.15, -0.1) is 0 Å². The Hall–Kier alpha value is -0.620. The Bertz CT molecular complexity index is 730. The van der Waals surface area contributed by atoms with E-state index in [1.54, 1.807) is 0 Å². The highest BCUT2D eigenvalue weighted by Crippen LogP contribution is 2.30. The summed E-state index contributed by atoms with van der Waals surface area (Å²) in [5, 5.41) is 0. The molecular weight excluding hydrogens is 506 g/mol. The molecule has 0 unspecified atom stereocenters. The second-order valence-corrected chi connectivity index (χ2v) is 8.32. The van der Waals surface area contributed by atoms with Crippen LogP contribution in [0, 0.1) is 21.0 Å². The molecule has 0 N–H and O–H groups in total. The van der Waals surface area contributed by atoms with E-state index in [1.807, 2.05) is 0 Å². The number of benzene rings is 2. The average Bonchev–Trinajstić information content (AvgIpc) is 2.48. The highest BCUT2D eigenvalue weighted by molar-refractivity contribution is 14.1. The molecule has 2 rings (SSSR count). The summed E-state index contributed by atoms with van der Waals surface area (Å²) < 4.78 is 2.70. The molecule has 0 bridgehead atoms. The van der Waals surface area contributed by atoms with Crippen molar-refractivity contribution >= 4 is 56.3 Å². The van der Waals surface area contributed by atoms with E-state index < -0.39 is 0 Å². The van der Waals surface area contributed by atoms with Crippen molar-refractivity contribution in [3.63, 3.8) is 0 Å². The summed E-state index contributed by atoms with van der Waals surface area (Å²) in [6.07, 6.45) is 0.963. The van der Waals surface area contributed by atoms with E-state index in [1.165, 1.54) is 40.5 Å². The van der Waals surface area contributed by atoms with Crippen molar-refractivity contribution in [2.75, 3.05) is 0 Å². The van der Waals surface area contributed by atoms with Crippen LogP contribution in [-0.2, 0) is 6.42 Å². The molecule has 0 aromatic heterocycles. The lowest BCUT2D eigenvalue weighted by Crippen LogP contribution is -2.01. The molecule has 0 radical (unpaired) electrons. The highest BCUT2D eigenvalue weighted by atomic mass is 127. The van der Waals surface area contributed by atoms with Crippen LogP contribution in [0.3, 0.4) is 0 Å². The van der Waals surface area contributed by atoms with Crippen molar-refractivity contribution in [3.8, 4) is 0 Å². The number of halogens is 2. The van der Waals surface area contributed by atoms with Crippen molar-refractivity contribution in [3.05, 3.63) is 77.9 Å². The molecule has 0 heterocycles. The Morgan fingerprint density at radius 1 is 0.783 bits per heavy atom. The van der Waals surface area contributed by atoms with Crippen LogP contribution in [0.15, 0.2) is 37.4 Å². The van der Waals surface area contributed by atoms with Crippen LogP contribution in [0.2, 0.25) is 0 Å². The lowest BCUT2D eigenvalue weighted by molar-refractivity contribution is 1.13. The number of rotatable bonds is 4. The molecule has 120 valence electrons. The predicted octanol–water partition coefficient (Wildman–Crippen LogP) is 7.17. The molecule has 2 aromatic carbocycles. The smallest absolute Gasteiger partial charge is 0.0201 e. The summed E-state index contributed by atoms with van der Waals surface area (Å²) in [5.41, 5.74) is 10.2. The molecule has 0 aliphatic heterocycles. The van der Waals surface area contributed by atoms with Crippen molar-refractivity contribution in [2.45, 2.75) is 34.1 Å². The van der Waals surface area contributed by atoms with Gasteiger partial charge in [-0.1, -0.05) is 48.6 Å². The number of hydrogen-bond donors (Lipinski definition) is 0. The van der Waals surface area contributed by atoms with Gasteiger partial charge in [0, 0.05) is 7.14 Å². The summed E-state index contributed by atoms with van der Waals surface area (Å²) in [6.45, 7) is 16.7. The van der Waals surface area contributed by atoms with Crippen molar-refractivity contribution in [2.24, 2.45) is 0 Å². The van der Waals surface area contributed by atoms with E-state index in [9.17, 15) is 0 Å². The number of hydrogen-bond acceptors (Lipinski definition) is 0. The normalized spacial score (nSPS) is 10.7. The SMILES string of the molecule is C=C(C)c1ccc(Cc2ccc(C(=C)C)c(C)c2I)c(I)c1C. The zero-order valence-corrected chi connectivity index (χ0v) is 18.5. The third-order valence-corrected chi connectivity index (χ3v) is 7.24. The molecule has 0 saturated heterocycles. The molecule has 0 spiro atoms. The molecule has 2 heteroatoms. The van der Waals surface area contributed by atoms with Crippen LogP contribution in [0.5, 0.6) is 0 Å². The summed E-state index contributed by atoms with van der Waals surface area (Å²) in [5.74, 6) is 0. The first-order valence-electron chi connectivity index (χ1n) is 7.61. The molecule has 0 atom stereocenters. The standard InChI is InChI=1S/C21H22I2/c1-12(2)18-9-7-16(20(22)14(18)5)11-17-8-10-19(13(3)4)15(6)21(17)23/h7-10H,1,3,11H2,2,4-6H3. The number of allylic oxidation sites excluding steroid dienone is 2. The first-order valence-corrected chi connectivity index (χ1v) is 9.77. The molecule has 0 amide bonds. The first kappa shape index (κ1) is 18.7. The quantitative estimate of drug-likeness (QED) is 0.370. The monoisotopic (exact) mass is 528 g/mol. The van der Waals surface area contributed by atoms with Gasteiger partial charge < -0.3 is 0 Å². The zero-order valence-electron chi connectivity index (χ0n) is 14.2. The van der Waals surface area contributed by atoms with E-state index in [0.717, 1.165) is 17.6 Å². The molecule has 0 aliphatic rings. The second kappa shape index (κ2) is 7.51. The van der Waals surface area contributed by atoms with Crippen LogP contribution < -0.4 is 0 Å². The molecule has 0 saturated carbocycles. The van der Waals surface area contributed by atoms with E-state index in [0.29, 0.717) is 0 Å². The summed E-state index contributed by atoms with van der Waals surface area (Å²) in [6, 6.07) is 8.90. The molecule has 0 aliphatic carbocycles. The topological polar surface area (TPSA) is 0 Å². The maximum atomic E-state index is 4.08. The fraction of sp³-hybridized carbons (Fsp3) is 0.238. The summed E-state index contributed by atoms with van der Waals surface area (Å²) in [7, 11) is 0. The molecule has 0 fully saturated rings. The second-order valence-electron chi connectivity index (χ2n) is 6.16. The van der Waals surface area contributed by atoms with Gasteiger partial charge in [-0.25, -0.2) is 0 Å². The molecule has 23 heavy (non-hydrogen) atoms. The van der Waals surface area contributed by atoms with E-state index in [4.69, 9.17) is 0 Å². The molecular formula is C21H22I2. The van der Waals surface area contributed by atoms with Crippen molar-refractivity contribution in [1.29, 1.82) is 0 Å². The third kappa shape index (κ3) is 3.90. The predicted molar refractivity (Wildman–Crippen MR) is 120 cm³/mol. The van der Waals surface area contributed by atoms with Gasteiger partial charge in [0.1, 0.15) is 0 Å². The minimum absolute atomic E-state index is 0.963. The maximum absolute atomic E-state index is 4.08. The third-order valence-electron chi connectivity index (χ3n) is 4.23. The van der Waals surface area contributed by atoms with Crippen LogP contribution >= 0.6 is 45.2 Å². The van der Waals surface area contributed by atoms with E-state index >= 15 is 0 Å². The lowest BCUT2D eigenvalue weighted by atomic mass is 9.94. The zero-order chi connectivity index (χ0) is 17.3. The van der Waals surface area contributed by atoms with Gasteiger partial charge >= 0.3 is 0 Å². The molecule has 2 aromatic rings. The van der Waals surface area contributed by atoms with Gasteiger partial charge in [-0.05, 0) is 113 Å². The Balaban J connectivity index is 2.45. The van der Waals surface area contributed by atoms with E-state index in [2.05, 4.69) is 110 Å². The van der Waals surface area contributed by atoms with Crippen LogP contribution in [0.25, 0.3) is 11.1 Å². The minimum Gasteiger partial charge on any atom is -0.0955 e. The van der Waals surface area contributed by atoms with Gasteiger partial charge in [0.25, 0.3) is 0 Å². The van der Waals surface area contributed by atoms with Crippen LogP contribution in [-0.4, -0.2) is 0 Å². The lowest BCUT2D eigenvalue weighted by Gasteiger charge is -2.15. The molecule has 0 nitrogen and oxygen atoms in total.